The number of furan rings is 1. The number of carboxylic acids is 1. The minimum Gasteiger partial charge on any atom is -0.478 e. The van der Waals surface area contributed by atoms with E-state index in [0.29, 0.717) is 6.54 Å². The molecule has 2 rings (SSSR count). The summed E-state index contributed by atoms with van der Waals surface area (Å²) in [5.41, 5.74) is 1.28. The summed E-state index contributed by atoms with van der Waals surface area (Å²) in [7, 11) is 0. The number of hydrogen-bond donors (Lipinski definition) is 2. The average molecular weight is 324 g/mol. The minimum absolute atomic E-state index is 0.0982. The summed E-state index contributed by atoms with van der Waals surface area (Å²) in [6, 6.07) is 8.88. The van der Waals surface area contributed by atoms with Crippen LogP contribution in [-0.2, 0) is 6.54 Å². The third kappa shape index (κ3) is 3.45. The summed E-state index contributed by atoms with van der Waals surface area (Å²) < 4.78 is 6.10. The van der Waals surface area contributed by atoms with Gasteiger partial charge in [0.1, 0.15) is 5.76 Å². The van der Waals surface area contributed by atoms with Crippen LogP contribution in [0.5, 0.6) is 0 Å². The number of carbonyl (C=O) groups is 1. The van der Waals surface area contributed by atoms with Gasteiger partial charge < -0.3 is 14.8 Å². The van der Waals surface area contributed by atoms with Gasteiger partial charge in [-0.2, -0.15) is 0 Å². The third-order valence-electron chi connectivity index (χ3n) is 2.87. The summed E-state index contributed by atoms with van der Waals surface area (Å²) in [6.07, 6.45) is 1.64. The molecule has 0 fully saturated rings. The number of carboxylic acid groups (broad SMARTS) is 1. The zero-order chi connectivity index (χ0) is 13.8. The minimum atomic E-state index is -0.927. The molecule has 1 aromatic heterocycles. The summed E-state index contributed by atoms with van der Waals surface area (Å²) in [4.78, 5) is 10.8. The third-order valence-corrected chi connectivity index (χ3v) is 3.61. The van der Waals surface area contributed by atoms with Gasteiger partial charge in [0, 0.05) is 11.0 Å². The average Bonchev–Trinajstić information content (AvgIpc) is 2.90. The van der Waals surface area contributed by atoms with E-state index in [1.165, 1.54) is 0 Å². The van der Waals surface area contributed by atoms with Gasteiger partial charge in [0.15, 0.2) is 0 Å². The summed E-state index contributed by atoms with van der Waals surface area (Å²) in [6.45, 7) is 2.64. The van der Waals surface area contributed by atoms with Crippen molar-refractivity contribution in [3.05, 3.63) is 58.0 Å². The number of nitrogens with one attached hydrogen (secondary N) is 1. The van der Waals surface area contributed by atoms with Gasteiger partial charge in [-0.15, -0.1) is 0 Å². The molecule has 1 heterocycles. The van der Waals surface area contributed by atoms with Crippen molar-refractivity contribution in [2.24, 2.45) is 0 Å². The molecule has 0 aliphatic heterocycles. The van der Waals surface area contributed by atoms with E-state index in [-0.39, 0.29) is 11.6 Å². The molecule has 0 saturated heterocycles. The highest BCUT2D eigenvalue weighted by molar-refractivity contribution is 9.10. The van der Waals surface area contributed by atoms with E-state index in [9.17, 15) is 4.79 Å². The molecule has 0 aliphatic rings. The highest BCUT2D eigenvalue weighted by atomic mass is 79.9. The van der Waals surface area contributed by atoms with Crippen LogP contribution in [-0.4, -0.2) is 11.1 Å². The zero-order valence-corrected chi connectivity index (χ0v) is 12.0. The Morgan fingerprint density at radius 2 is 2.26 bits per heavy atom. The first-order chi connectivity index (χ1) is 9.08. The lowest BCUT2D eigenvalue weighted by molar-refractivity contribution is 0.0697. The lowest BCUT2D eigenvalue weighted by atomic mass is 10.1. The van der Waals surface area contributed by atoms with Crippen molar-refractivity contribution < 1.29 is 14.3 Å². The molecule has 0 spiro atoms. The number of rotatable bonds is 5. The molecule has 2 aromatic rings. The van der Waals surface area contributed by atoms with Crippen LogP contribution in [0.2, 0.25) is 0 Å². The molecule has 0 bridgehead atoms. The number of hydrogen-bond acceptors (Lipinski definition) is 3. The Labute approximate surface area is 119 Å². The fourth-order valence-corrected chi connectivity index (χ4v) is 2.24. The van der Waals surface area contributed by atoms with Crippen molar-refractivity contribution in [3.63, 3.8) is 0 Å². The molecule has 0 amide bonds. The van der Waals surface area contributed by atoms with Crippen LogP contribution in [0.1, 0.15) is 34.6 Å². The van der Waals surface area contributed by atoms with Crippen molar-refractivity contribution in [3.8, 4) is 0 Å². The maximum Gasteiger partial charge on any atom is 0.335 e. The lowest BCUT2D eigenvalue weighted by Crippen LogP contribution is -2.18. The van der Waals surface area contributed by atoms with E-state index in [1.54, 1.807) is 24.5 Å². The highest BCUT2D eigenvalue weighted by Crippen LogP contribution is 2.20. The standard InChI is InChI=1S/C14H14BrNO3/c1-9(13-3-2-6-19-13)16-8-11-5-4-10(14(17)18)7-12(11)15/h2-7,9,16H,8H2,1H3,(H,17,18)/t9-/m1/s1. The van der Waals surface area contributed by atoms with E-state index < -0.39 is 5.97 Å². The first kappa shape index (κ1) is 13.8. The zero-order valence-electron chi connectivity index (χ0n) is 10.4. The Balaban J connectivity index is 2.02. The van der Waals surface area contributed by atoms with Crippen LogP contribution in [0.25, 0.3) is 0 Å². The molecule has 19 heavy (non-hydrogen) atoms. The van der Waals surface area contributed by atoms with Gasteiger partial charge in [-0.05, 0) is 36.8 Å². The van der Waals surface area contributed by atoms with Crippen molar-refractivity contribution in [2.75, 3.05) is 0 Å². The molecular weight excluding hydrogens is 310 g/mol. The molecule has 0 radical (unpaired) electrons. The fraction of sp³-hybridized carbons (Fsp3) is 0.214. The van der Waals surface area contributed by atoms with E-state index >= 15 is 0 Å². The second kappa shape index (κ2) is 6.04. The first-order valence-electron chi connectivity index (χ1n) is 5.86. The topological polar surface area (TPSA) is 62.5 Å². The Bertz CT molecular complexity index is 566. The number of halogens is 1. The molecule has 0 saturated carbocycles. The highest BCUT2D eigenvalue weighted by Gasteiger charge is 2.10. The molecule has 4 nitrogen and oxygen atoms in total. The maximum absolute atomic E-state index is 10.8. The first-order valence-corrected chi connectivity index (χ1v) is 6.65. The van der Waals surface area contributed by atoms with Gasteiger partial charge >= 0.3 is 5.97 Å². The Morgan fingerprint density at radius 3 is 2.84 bits per heavy atom. The second-order valence-electron chi connectivity index (χ2n) is 4.23. The van der Waals surface area contributed by atoms with Crippen LogP contribution in [0, 0.1) is 0 Å². The van der Waals surface area contributed by atoms with Gasteiger partial charge in [0.05, 0.1) is 17.9 Å². The van der Waals surface area contributed by atoms with E-state index in [2.05, 4.69) is 21.2 Å². The molecule has 100 valence electrons. The predicted molar refractivity (Wildman–Crippen MR) is 75.1 cm³/mol. The van der Waals surface area contributed by atoms with Crippen molar-refractivity contribution in [1.82, 2.24) is 5.32 Å². The maximum atomic E-state index is 10.8. The number of benzene rings is 1. The van der Waals surface area contributed by atoms with Gasteiger partial charge in [-0.25, -0.2) is 4.79 Å². The van der Waals surface area contributed by atoms with E-state index in [0.717, 1.165) is 15.8 Å². The smallest absolute Gasteiger partial charge is 0.335 e. The summed E-state index contributed by atoms with van der Waals surface area (Å²) >= 11 is 3.39. The van der Waals surface area contributed by atoms with Gasteiger partial charge in [0.2, 0.25) is 0 Å². The van der Waals surface area contributed by atoms with Gasteiger partial charge in [-0.3, -0.25) is 0 Å². The lowest BCUT2D eigenvalue weighted by Gasteiger charge is -2.12. The molecule has 5 heteroatoms. The monoisotopic (exact) mass is 323 g/mol. The van der Waals surface area contributed by atoms with E-state index in [1.807, 2.05) is 19.1 Å². The Kier molecular flexibility index (Phi) is 4.39. The molecule has 1 aromatic carbocycles. The van der Waals surface area contributed by atoms with Crippen molar-refractivity contribution in [2.45, 2.75) is 19.5 Å². The Hall–Kier alpha value is -1.59. The largest absolute Gasteiger partial charge is 0.478 e. The van der Waals surface area contributed by atoms with Crippen molar-refractivity contribution in [1.29, 1.82) is 0 Å². The Morgan fingerprint density at radius 1 is 1.47 bits per heavy atom. The van der Waals surface area contributed by atoms with Gasteiger partial charge in [0.25, 0.3) is 0 Å². The van der Waals surface area contributed by atoms with Crippen molar-refractivity contribution >= 4 is 21.9 Å². The van der Waals surface area contributed by atoms with Crippen LogP contribution >= 0.6 is 15.9 Å². The molecular formula is C14H14BrNO3. The second-order valence-corrected chi connectivity index (χ2v) is 5.08. The molecule has 2 N–H and O–H groups in total. The predicted octanol–water partition coefficient (Wildman–Crippen LogP) is 3.59. The van der Waals surface area contributed by atoms with E-state index in [4.69, 9.17) is 9.52 Å². The quantitative estimate of drug-likeness (QED) is 0.882. The van der Waals surface area contributed by atoms with Crippen LogP contribution in [0.4, 0.5) is 0 Å². The number of aromatic carboxylic acids is 1. The van der Waals surface area contributed by atoms with Crippen LogP contribution < -0.4 is 5.32 Å². The summed E-state index contributed by atoms with van der Waals surface area (Å²) in [5.74, 6) is -0.0533. The van der Waals surface area contributed by atoms with Crippen LogP contribution in [0.3, 0.4) is 0 Å². The summed E-state index contributed by atoms with van der Waals surface area (Å²) in [5, 5.41) is 12.2. The molecule has 0 unspecified atom stereocenters. The normalized spacial score (nSPS) is 12.3. The molecule has 1 atom stereocenters. The van der Waals surface area contributed by atoms with Crippen LogP contribution in [0.15, 0.2) is 45.5 Å². The van der Waals surface area contributed by atoms with Gasteiger partial charge in [-0.1, -0.05) is 22.0 Å². The molecule has 0 aliphatic carbocycles. The SMILES string of the molecule is C[C@@H](NCc1ccc(C(=O)O)cc1Br)c1ccco1. The fourth-order valence-electron chi connectivity index (χ4n) is 1.73.